The molecule has 6 nitrogen and oxygen atoms in total. The number of aryl methyl sites for hydroxylation is 4. The molecule has 2 N–H and O–H groups in total. The van der Waals surface area contributed by atoms with Crippen LogP contribution in [-0.2, 0) is 14.3 Å². The van der Waals surface area contributed by atoms with E-state index in [2.05, 4.69) is 43.0 Å². The molecule has 2 aromatic carbocycles. The number of fused-ring (bicyclic) bond motifs is 1. The third kappa shape index (κ3) is 3.31. The number of phenols is 2. The smallest absolute Gasteiger partial charge is 0.225 e. The summed E-state index contributed by atoms with van der Waals surface area (Å²) in [5, 5.41) is 21.3. The van der Waals surface area contributed by atoms with E-state index in [1.54, 1.807) is 7.11 Å². The number of amides is 1. The minimum atomic E-state index is -0.315. The zero-order chi connectivity index (χ0) is 28.1. The molecule has 4 aliphatic rings. The van der Waals surface area contributed by atoms with Gasteiger partial charge in [0.25, 0.3) is 0 Å². The molecule has 4 fully saturated rings. The Labute approximate surface area is 232 Å². The zero-order valence-corrected chi connectivity index (χ0v) is 24.4. The first-order chi connectivity index (χ1) is 18.4. The van der Waals surface area contributed by atoms with Gasteiger partial charge in [0.1, 0.15) is 11.5 Å². The summed E-state index contributed by atoms with van der Waals surface area (Å²) in [6, 6.07) is 8.28. The van der Waals surface area contributed by atoms with E-state index in [-0.39, 0.29) is 40.3 Å². The first kappa shape index (κ1) is 26.6. The lowest BCUT2D eigenvalue weighted by Crippen LogP contribution is -2.55. The van der Waals surface area contributed by atoms with Crippen molar-refractivity contribution in [3.05, 3.63) is 57.6 Å². The molecular weight excluding hydrogens is 490 g/mol. The molecule has 2 bridgehead atoms. The molecule has 1 spiro atoms. The van der Waals surface area contributed by atoms with E-state index in [1.165, 1.54) is 0 Å². The number of benzene rings is 2. The van der Waals surface area contributed by atoms with E-state index in [4.69, 9.17) is 9.47 Å². The van der Waals surface area contributed by atoms with Crippen molar-refractivity contribution in [2.45, 2.75) is 85.4 Å². The molecule has 2 aromatic rings. The maximum atomic E-state index is 14.3. The van der Waals surface area contributed by atoms with Gasteiger partial charge in [0.05, 0.1) is 25.2 Å². The predicted molar refractivity (Wildman–Crippen MR) is 150 cm³/mol. The average molecular weight is 534 g/mol. The zero-order valence-electron chi connectivity index (χ0n) is 24.4. The van der Waals surface area contributed by atoms with Gasteiger partial charge in [-0.3, -0.25) is 4.79 Å². The van der Waals surface area contributed by atoms with Gasteiger partial charge in [0.2, 0.25) is 5.91 Å². The van der Waals surface area contributed by atoms with E-state index < -0.39 is 0 Å². The third-order valence-corrected chi connectivity index (χ3v) is 11.2. The molecule has 0 radical (unpaired) electrons. The number of ether oxygens (including phenoxy) is 2. The molecule has 2 saturated heterocycles. The quantitative estimate of drug-likeness (QED) is 0.478. The maximum absolute atomic E-state index is 14.3. The minimum Gasteiger partial charge on any atom is -0.507 e. The number of aromatic hydroxyl groups is 2. The van der Waals surface area contributed by atoms with Gasteiger partial charge < -0.3 is 24.6 Å². The predicted octanol–water partition coefficient (Wildman–Crippen LogP) is 6.20. The monoisotopic (exact) mass is 533 g/mol. The SMILES string of the molecule is COCCC(=O)N1[C@@H]2C(C)(C)[C@H]3C[C@@]24CCO[C@@H](c2cc(C)c(O)c(C)c2)[C@@]4(C3)[C@H]1c1cc(C)c(O)c(C)c1. The van der Waals surface area contributed by atoms with Gasteiger partial charge >= 0.3 is 0 Å². The Morgan fingerprint density at radius 1 is 0.974 bits per heavy atom. The number of carbonyl (C=O) groups excluding carboxylic acids is 1. The second-order valence-electron chi connectivity index (χ2n) is 13.5. The van der Waals surface area contributed by atoms with Crippen molar-refractivity contribution in [2.75, 3.05) is 20.3 Å². The van der Waals surface area contributed by atoms with Gasteiger partial charge in [-0.15, -0.1) is 0 Å². The normalized spacial score (nSPS) is 34.0. The molecule has 39 heavy (non-hydrogen) atoms. The lowest BCUT2D eigenvalue weighted by atomic mass is 9.51. The Balaban J connectivity index is 1.64. The maximum Gasteiger partial charge on any atom is 0.225 e. The van der Waals surface area contributed by atoms with E-state index in [9.17, 15) is 15.0 Å². The van der Waals surface area contributed by atoms with Gasteiger partial charge in [0, 0.05) is 30.6 Å². The van der Waals surface area contributed by atoms with Crippen LogP contribution in [0.5, 0.6) is 11.5 Å². The number of rotatable bonds is 5. The number of hydrogen-bond acceptors (Lipinski definition) is 5. The summed E-state index contributed by atoms with van der Waals surface area (Å²) in [4.78, 5) is 16.5. The van der Waals surface area contributed by atoms with Crippen molar-refractivity contribution >= 4 is 5.91 Å². The molecule has 2 aliphatic carbocycles. The van der Waals surface area contributed by atoms with Crippen molar-refractivity contribution < 1.29 is 24.5 Å². The second kappa shape index (κ2) is 8.71. The molecule has 0 aromatic heterocycles. The van der Waals surface area contributed by atoms with E-state index >= 15 is 0 Å². The fourth-order valence-electron chi connectivity index (χ4n) is 9.78. The summed E-state index contributed by atoms with van der Waals surface area (Å²) in [6.07, 6.45) is 3.16. The van der Waals surface area contributed by atoms with Gasteiger partial charge in [-0.2, -0.15) is 0 Å². The fraction of sp³-hybridized carbons (Fsp3) is 0.606. The van der Waals surface area contributed by atoms with Gasteiger partial charge in [-0.25, -0.2) is 0 Å². The number of hydrogen-bond donors (Lipinski definition) is 2. The lowest BCUT2D eigenvalue weighted by molar-refractivity contribution is -0.164. The van der Waals surface area contributed by atoms with Crippen LogP contribution in [0.3, 0.4) is 0 Å². The molecule has 2 saturated carbocycles. The van der Waals surface area contributed by atoms with Crippen molar-refractivity contribution in [3.63, 3.8) is 0 Å². The Morgan fingerprint density at radius 2 is 1.54 bits per heavy atom. The fourth-order valence-corrected chi connectivity index (χ4v) is 9.78. The van der Waals surface area contributed by atoms with Crippen LogP contribution in [0.2, 0.25) is 0 Å². The van der Waals surface area contributed by atoms with Crippen LogP contribution in [0.4, 0.5) is 0 Å². The first-order valence-electron chi connectivity index (χ1n) is 14.4. The molecule has 6 rings (SSSR count). The number of methoxy groups -OCH3 is 1. The van der Waals surface area contributed by atoms with Gasteiger partial charge in [-0.1, -0.05) is 26.0 Å². The first-order valence-corrected chi connectivity index (χ1v) is 14.4. The van der Waals surface area contributed by atoms with Crippen LogP contribution in [0.1, 0.15) is 85.1 Å². The Hall–Kier alpha value is -2.57. The number of nitrogens with zero attached hydrogens (tertiary/aromatic N) is 1. The van der Waals surface area contributed by atoms with Crippen LogP contribution in [0, 0.1) is 49.9 Å². The highest BCUT2D eigenvalue weighted by Gasteiger charge is 2.83. The molecule has 0 unspecified atom stereocenters. The van der Waals surface area contributed by atoms with Crippen molar-refractivity contribution in [2.24, 2.45) is 22.2 Å². The summed E-state index contributed by atoms with van der Waals surface area (Å²) >= 11 is 0. The third-order valence-electron chi connectivity index (χ3n) is 11.2. The topological polar surface area (TPSA) is 79.2 Å². The highest BCUT2D eigenvalue weighted by Crippen LogP contribution is 2.85. The number of likely N-dealkylation sites (tertiary alicyclic amines) is 1. The summed E-state index contributed by atoms with van der Waals surface area (Å²) in [5.41, 5.74) is 5.13. The lowest BCUT2D eigenvalue weighted by Gasteiger charge is -2.55. The van der Waals surface area contributed by atoms with Crippen LogP contribution in [-0.4, -0.2) is 47.4 Å². The average Bonchev–Trinajstić information content (AvgIpc) is 3.42. The molecule has 2 heterocycles. The Kier molecular flexibility index (Phi) is 5.95. The summed E-state index contributed by atoms with van der Waals surface area (Å²) in [7, 11) is 1.65. The summed E-state index contributed by atoms with van der Waals surface area (Å²) in [6.45, 7) is 13.6. The number of carbonyl (C=O) groups is 1. The van der Waals surface area contributed by atoms with Crippen LogP contribution in [0.25, 0.3) is 0 Å². The molecule has 210 valence electrons. The summed E-state index contributed by atoms with van der Waals surface area (Å²) < 4.78 is 12.2. The van der Waals surface area contributed by atoms with E-state index in [0.717, 1.165) is 52.6 Å². The van der Waals surface area contributed by atoms with Gasteiger partial charge in [0.15, 0.2) is 0 Å². The van der Waals surface area contributed by atoms with Crippen LogP contribution in [0.15, 0.2) is 24.3 Å². The Bertz CT molecular complexity index is 1300. The number of phenolic OH excluding ortho intramolecular Hbond substituents is 2. The van der Waals surface area contributed by atoms with E-state index in [1.807, 2.05) is 27.7 Å². The summed E-state index contributed by atoms with van der Waals surface area (Å²) in [5.74, 6) is 1.26. The molecule has 2 aliphatic heterocycles. The van der Waals surface area contributed by atoms with Crippen molar-refractivity contribution in [1.29, 1.82) is 0 Å². The molecule has 6 atom stereocenters. The Morgan fingerprint density at radius 3 is 2.10 bits per heavy atom. The van der Waals surface area contributed by atoms with E-state index in [0.29, 0.717) is 37.1 Å². The molecule has 1 amide bonds. The standard InChI is InChI=1S/C33H43NO5/c1-18-12-22(13-19(2)26(18)36)28-33-17-24-16-32(33,30(31(24,5)6)34(28)25(35)8-10-38-7)9-11-39-29(33)23-14-20(3)27(37)21(4)15-23/h12-15,24,28-30,36-37H,8-11,16-17H2,1-7H3/t24-,28+,29-,30+,32-,33+/m0/s1. The highest BCUT2D eigenvalue weighted by atomic mass is 16.5. The van der Waals surface area contributed by atoms with Crippen LogP contribution < -0.4 is 0 Å². The molecule has 6 heteroatoms. The molecular formula is C33H43NO5. The second-order valence-corrected chi connectivity index (χ2v) is 13.5. The highest BCUT2D eigenvalue weighted by molar-refractivity contribution is 5.79. The van der Waals surface area contributed by atoms with Crippen molar-refractivity contribution in [3.8, 4) is 11.5 Å². The minimum absolute atomic E-state index is 0.0231. The van der Waals surface area contributed by atoms with Crippen molar-refractivity contribution in [1.82, 2.24) is 4.90 Å². The largest absolute Gasteiger partial charge is 0.507 e. The van der Waals surface area contributed by atoms with Crippen LogP contribution >= 0.6 is 0 Å². The van der Waals surface area contributed by atoms with Gasteiger partial charge in [-0.05, 0) is 104 Å².